The fourth-order valence-corrected chi connectivity index (χ4v) is 8.71. The van der Waals surface area contributed by atoms with Crippen molar-refractivity contribution in [2.75, 3.05) is 55.6 Å². The minimum atomic E-state index is -0.553. The van der Waals surface area contributed by atoms with E-state index in [0.717, 1.165) is 68.4 Å². The van der Waals surface area contributed by atoms with Gasteiger partial charge in [0.25, 0.3) is 5.91 Å². The molecule has 6 heterocycles. The van der Waals surface area contributed by atoms with Gasteiger partial charge in [0.2, 0.25) is 0 Å². The number of Topliss-reactive ketones (excluding diaryl/α,β-unsaturated/α-hetero) is 2. The lowest BCUT2D eigenvalue weighted by atomic mass is 9.95. The lowest BCUT2D eigenvalue weighted by molar-refractivity contribution is -0.122. The molecule has 1 atom stereocenters. The lowest BCUT2D eigenvalue weighted by Gasteiger charge is -2.40. The normalized spacial score (nSPS) is 17.6. The van der Waals surface area contributed by atoms with Gasteiger partial charge in [0.1, 0.15) is 11.6 Å². The van der Waals surface area contributed by atoms with E-state index in [-0.39, 0.29) is 17.5 Å². The summed E-state index contributed by atoms with van der Waals surface area (Å²) in [4.78, 5) is 56.1. The minimum Gasteiger partial charge on any atom is -0.369 e. The number of fused-ring (bicyclic) bond motifs is 4. The molecule has 3 aromatic heterocycles. The molecule has 0 radical (unpaired) electrons. The SMILES string of the molecule is CCC(=O)CCC(C(C)=O)N1Cc2cc(N3CCN(CC4CCN(c5ccc(-c6ccc7c8cnccc8n(C)c7c6)cn5)CC4)CC3)ccc2C1=O. The van der Waals surface area contributed by atoms with Gasteiger partial charge >= 0.3 is 0 Å². The average molecular weight is 712 g/mol. The van der Waals surface area contributed by atoms with Crippen molar-refractivity contribution in [2.45, 2.75) is 58.5 Å². The number of rotatable bonds is 11. The Labute approximate surface area is 311 Å². The largest absolute Gasteiger partial charge is 0.369 e. The molecule has 5 aromatic rings. The Morgan fingerprint density at radius 2 is 1.64 bits per heavy atom. The Balaban J connectivity index is 0.819. The molecule has 3 aliphatic rings. The predicted molar refractivity (Wildman–Crippen MR) is 210 cm³/mol. The smallest absolute Gasteiger partial charge is 0.255 e. The van der Waals surface area contributed by atoms with Gasteiger partial charge in [-0.3, -0.25) is 24.3 Å². The summed E-state index contributed by atoms with van der Waals surface area (Å²) >= 11 is 0. The first kappa shape index (κ1) is 35.0. The fourth-order valence-electron chi connectivity index (χ4n) is 8.71. The van der Waals surface area contributed by atoms with Crippen molar-refractivity contribution >= 4 is 50.8 Å². The third-order valence-electron chi connectivity index (χ3n) is 11.9. The third-order valence-corrected chi connectivity index (χ3v) is 11.9. The van der Waals surface area contributed by atoms with Crippen LogP contribution in [0.4, 0.5) is 11.5 Å². The van der Waals surface area contributed by atoms with Crippen LogP contribution in [-0.4, -0.2) is 93.7 Å². The van der Waals surface area contributed by atoms with Gasteiger partial charge in [-0.15, -0.1) is 0 Å². The number of carbonyl (C=O) groups is 3. The van der Waals surface area contributed by atoms with Gasteiger partial charge in [-0.2, -0.15) is 0 Å². The third kappa shape index (κ3) is 6.92. The molecule has 3 aliphatic heterocycles. The van der Waals surface area contributed by atoms with Crippen LogP contribution in [0.15, 0.2) is 73.2 Å². The quantitative estimate of drug-likeness (QED) is 0.153. The first-order valence-corrected chi connectivity index (χ1v) is 19.2. The second-order valence-corrected chi connectivity index (χ2v) is 15.1. The molecule has 10 nitrogen and oxygen atoms in total. The van der Waals surface area contributed by atoms with Crippen LogP contribution in [-0.2, 0) is 23.2 Å². The average Bonchev–Trinajstić information content (AvgIpc) is 3.67. The van der Waals surface area contributed by atoms with E-state index in [4.69, 9.17) is 4.98 Å². The van der Waals surface area contributed by atoms with Crippen LogP contribution >= 0.6 is 0 Å². The van der Waals surface area contributed by atoms with E-state index in [1.165, 1.54) is 47.1 Å². The summed E-state index contributed by atoms with van der Waals surface area (Å²) in [6.07, 6.45) is 9.31. The molecule has 2 aromatic carbocycles. The highest BCUT2D eigenvalue weighted by Gasteiger charge is 2.35. The van der Waals surface area contributed by atoms with E-state index < -0.39 is 6.04 Å². The zero-order chi connectivity index (χ0) is 36.6. The van der Waals surface area contributed by atoms with E-state index in [1.54, 1.807) is 4.90 Å². The van der Waals surface area contributed by atoms with Crippen molar-refractivity contribution < 1.29 is 14.4 Å². The molecule has 0 N–H and O–H groups in total. The molecule has 1 amide bonds. The van der Waals surface area contributed by atoms with Crippen LogP contribution in [0.1, 0.15) is 61.9 Å². The van der Waals surface area contributed by atoms with Crippen molar-refractivity contribution in [1.29, 1.82) is 0 Å². The molecule has 0 bridgehead atoms. The first-order chi connectivity index (χ1) is 25.8. The lowest BCUT2D eigenvalue weighted by Crippen LogP contribution is -2.49. The molecular weight excluding hydrogens is 663 g/mol. The van der Waals surface area contributed by atoms with Crippen LogP contribution in [0.3, 0.4) is 0 Å². The standard InChI is InChI=1S/C43H49N7O3/c1-4-35(52)8-11-39(29(2)51)50-28-33-23-34(7-10-36(33)43(50)53)48-21-19-47(20-22-48)27-30-14-17-49(18-15-30)42-12-6-32(25-45-42)31-5-9-37-38-26-44-16-13-40(38)46(3)41(37)24-31/h5-7,9-10,12-13,16,23-26,30,39H,4,8,11,14-15,17-22,27-28H2,1-3H3. The van der Waals surface area contributed by atoms with Gasteiger partial charge in [-0.05, 0) is 85.7 Å². The minimum absolute atomic E-state index is 0.0622. The van der Waals surface area contributed by atoms with E-state index >= 15 is 0 Å². The van der Waals surface area contributed by atoms with E-state index in [9.17, 15) is 14.4 Å². The number of anilines is 2. The first-order valence-electron chi connectivity index (χ1n) is 19.2. The van der Waals surface area contributed by atoms with Crippen molar-refractivity contribution in [2.24, 2.45) is 13.0 Å². The van der Waals surface area contributed by atoms with Gasteiger partial charge < -0.3 is 19.3 Å². The summed E-state index contributed by atoms with van der Waals surface area (Å²) in [6.45, 7) is 10.9. The Morgan fingerprint density at radius 1 is 0.849 bits per heavy atom. The predicted octanol–water partition coefficient (Wildman–Crippen LogP) is 6.50. The highest BCUT2D eigenvalue weighted by molar-refractivity contribution is 6.08. The Kier molecular flexibility index (Phi) is 9.72. The molecule has 0 saturated carbocycles. The maximum absolute atomic E-state index is 13.3. The zero-order valence-corrected chi connectivity index (χ0v) is 31.1. The zero-order valence-electron chi connectivity index (χ0n) is 31.1. The maximum atomic E-state index is 13.3. The molecule has 10 heteroatoms. The number of aryl methyl sites for hydroxylation is 1. The number of piperazine rings is 1. The van der Waals surface area contributed by atoms with E-state index in [2.05, 4.69) is 79.8 Å². The van der Waals surface area contributed by atoms with Crippen molar-refractivity contribution in [3.63, 3.8) is 0 Å². The van der Waals surface area contributed by atoms with Crippen molar-refractivity contribution in [3.05, 3.63) is 84.3 Å². The maximum Gasteiger partial charge on any atom is 0.255 e. The number of benzene rings is 2. The topological polar surface area (TPSA) is 94.9 Å². The molecule has 274 valence electrons. The summed E-state index contributed by atoms with van der Waals surface area (Å²) < 4.78 is 2.24. The number of carbonyl (C=O) groups excluding carboxylic acids is 3. The molecule has 1 unspecified atom stereocenters. The van der Waals surface area contributed by atoms with E-state index in [0.29, 0.717) is 37.3 Å². The number of hydrogen-bond donors (Lipinski definition) is 0. The van der Waals surface area contributed by atoms with Crippen molar-refractivity contribution in [3.8, 4) is 11.1 Å². The summed E-state index contributed by atoms with van der Waals surface area (Å²) in [7, 11) is 2.11. The molecule has 2 saturated heterocycles. The van der Waals surface area contributed by atoms with Gasteiger partial charge in [0.15, 0.2) is 5.78 Å². The van der Waals surface area contributed by atoms with Gasteiger partial charge in [-0.25, -0.2) is 4.98 Å². The van der Waals surface area contributed by atoms with Gasteiger partial charge in [0, 0.05) is 124 Å². The second kappa shape index (κ2) is 14.7. The van der Waals surface area contributed by atoms with Crippen LogP contribution in [0, 0.1) is 5.92 Å². The number of aromatic nitrogens is 3. The highest BCUT2D eigenvalue weighted by Crippen LogP contribution is 2.33. The second-order valence-electron chi connectivity index (χ2n) is 15.1. The number of hydrogen-bond acceptors (Lipinski definition) is 8. The Bertz CT molecular complexity index is 2160. The molecule has 53 heavy (non-hydrogen) atoms. The monoisotopic (exact) mass is 711 g/mol. The summed E-state index contributed by atoms with van der Waals surface area (Å²) in [5, 5.41) is 2.40. The summed E-state index contributed by atoms with van der Waals surface area (Å²) in [5.41, 5.74) is 7.47. The molecule has 8 rings (SSSR count). The molecule has 2 fully saturated rings. The Morgan fingerprint density at radius 3 is 2.38 bits per heavy atom. The fraction of sp³-hybridized carbons (Fsp3) is 0.419. The van der Waals surface area contributed by atoms with Gasteiger partial charge in [-0.1, -0.05) is 19.1 Å². The molecule has 0 spiro atoms. The summed E-state index contributed by atoms with van der Waals surface area (Å²) in [6, 6.07) is 18.6. The number of piperidine rings is 1. The number of ketones is 2. The molecule has 0 aliphatic carbocycles. The van der Waals surface area contributed by atoms with Crippen LogP contribution in [0.2, 0.25) is 0 Å². The number of amides is 1. The number of nitrogens with zero attached hydrogens (tertiary/aromatic N) is 7. The van der Waals surface area contributed by atoms with Crippen LogP contribution in [0.25, 0.3) is 32.9 Å². The Hall–Kier alpha value is -5.09. The molecular formula is C43H49N7O3. The van der Waals surface area contributed by atoms with Gasteiger partial charge in [0.05, 0.1) is 11.6 Å². The van der Waals surface area contributed by atoms with E-state index in [1.807, 2.05) is 31.6 Å². The van der Waals surface area contributed by atoms with Crippen molar-refractivity contribution in [1.82, 2.24) is 24.3 Å². The number of pyridine rings is 2. The van der Waals surface area contributed by atoms with Crippen LogP contribution < -0.4 is 9.80 Å². The highest BCUT2D eigenvalue weighted by atomic mass is 16.2. The van der Waals surface area contributed by atoms with Crippen LogP contribution in [0.5, 0.6) is 0 Å². The summed E-state index contributed by atoms with van der Waals surface area (Å²) in [5.74, 6) is 1.69.